The first kappa shape index (κ1) is 14.9. The molecule has 1 aromatic carbocycles. The lowest BCUT2D eigenvalue weighted by Gasteiger charge is -2.37. The van der Waals surface area contributed by atoms with Crippen molar-refractivity contribution in [1.82, 2.24) is 4.98 Å². The normalized spacial score (nSPS) is 16.0. The van der Waals surface area contributed by atoms with Gasteiger partial charge in [0.25, 0.3) is 0 Å². The first-order valence-electron chi connectivity index (χ1n) is 8.04. The summed E-state index contributed by atoms with van der Waals surface area (Å²) in [7, 11) is 0. The van der Waals surface area contributed by atoms with Crippen LogP contribution in [0.5, 0.6) is 0 Å². The Morgan fingerprint density at radius 2 is 1.18 bits per heavy atom. The van der Waals surface area contributed by atoms with Crippen LogP contribution in [0, 0.1) is 0 Å². The Labute approximate surface area is 133 Å². The Bertz CT molecular complexity index is 591. The number of aromatic nitrogens is 1. The van der Waals surface area contributed by atoms with Crippen LogP contribution in [0.25, 0.3) is 0 Å². The third-order valence-electron chi connectivity index (χ3n) is 4.41. The maximum absolute atomic E-state index is 4.09. The summed E-state index contributed by atoms with van der Waals surface area (Å²) in [5, 5.41) is 0. The zero-order valence-electron chi connectivity index (χ0n) is 13.8. The van der Waals surface area contributed by atoms with Gasteiger partial charge in [-0.15, -0.1) is 0 Å². The predicted molar refractivity (Wildman–Crippen MR) is 93.8 cm³/mol. The van der Waals surface area contributed by atoms with Crippen molar-refractivity contribution >= 4 is 11.4 Å². The van der Waals surface area contributed by atoms with Crippen molar-refractivity contribution in [3.63, 3.8) is 0 Å². The second kappa shape index (κ2) is 5.99. The fourth-order valence-corrected chi connectivity index (χ4v) is 2.95. The van der Waals surface area contributed by atoms with Gasteiger partial charge in [0.05, 0.1) is 0 Å². The molecule has 22 heavy (non-hydrogen) atoms. The van der Waals surface area contributed by atoms with Crippen molar-refractivity contribution < 1.29 is 0 Å². The quantitative estimate of drug-likeness (QED) is 0.842. The lowest BCUT2D eigenvalue weighted by atomic mass is 9.87. The molecule has 3 rings (SSSR count). The van der Waals surface area contributed by atoms with Gasteiger partial charge in [-0.2, -0.15) is 0 Å². The molecule has 2 aromatic rings. The third-order valence-corrected chi connectivity index (χ3v) is 4.41. The van der Waals surface area contributed by atoms with E-state index in [2.05, 4.69) is 72.0 Å². The molecule has 3 nitrogen and oxygen atoms in total. The standard InChI is InChI=1S/C19H25N3/c1-19(2,3)16-4-6-17(7-5-16)21-12-14-22(15-13-21)18-8-10-20-11-9-18/h4-11H,12-15H2,1-3H3. The van der Waals surface area contributed by atoms with Gasteiger partial charge in [-0.3, -0.25) is 4.98 Å². The first-order valence-corrected chi connectivity index (χ1v) is 8.04. The zero-order chi connectivity index (χ0) is 15.6. The molecule has 0 N–H and O–H groups in total. The lowest BCUT2D eigenvalue weighted by Crippen LogP contribution is -2.46. The van der Waals surface area contributed by atoms with Gasteiger partial charge in [0.1, 0.15) is 0 Å². The topological polar surface area (TPSA) is 19.4 Å². The smallest absolute Gasteiger partial charge is 0.0398 e. The third kappa shape index (κ3) is 3.24. The van der Waals surface area contributed by atoms with Crippen LogP contribution in [0.15, 0.2) is 48.8 Å². The molecule has 0 atom stereocenters. The fraction of sp³-hybridized carbons (Fsp3) is 0.421. The fourth-order valence-electron chi connectivity index (χ4n) is 2.95. The zero-order valence-corrected chi connectivity index (χ0v) is 13.8. The van der Waals surface area contributed by atoms with Crippen LogP contribution in [-0.4, -0.2) is 31.2 Å². The molecule has 1 aliphatic heterocycles. The second-order valence-electron chi connectivity index (χ2n) is 6.98. The summed E-state index contributed by atoms with van der Waals surface area (Å²) in [6.45, 7) is 11.0. The van der Waals surface area contributed by atoms with Crippen molar-refractivity contribution in [3.05, 3.63) is 54.4 Å². The van der Waals surface area contributed by atoms with Gasteiger partial charge in [0, 0.05) is 49.9 Å². The van der Waals surface area contributed by atoms with Crippen LogP contribution in [0.2, 0.25) is 0 Å². The van der Waals surface area contributed by atoms with Crippen LogP contribution >= 0.6 is 0 Å². The van der Waals surface area contributed by atoms with E-state index < -0.39 is 0 Å². The molecule has 0 unspecified atom stereocenters. The number of benzene rings is 1. The van der Waals surface area contributed by atoms with Crippen molar-refractivity contribution in [2.75, 3.05) is 36.0 Å². The van der Waals surface area contributed by atoms with Gasteiger partial charge in [0.2, 0.25) is 0 Å². The molecule has 116 valence electrons. The van der Waals surface area contributed by atoms with E-state index in [1.807, 2.05) is 12.4 Å². The minimum absolute atomic E-state index is 0.221. The average molecular weight is 295 g/mol. The summed E-state index contributed by atoms with van der Waals surface area (Å²) >= 11 is 0. The van der Waals surface area contributed by atoms with E-state index in [0.29, 0.717) is 0 Å². The number of hydrogen-bond acceptors (Lipinski definition) is 3. The predicted octanol–water partition coefficient (Wildman–Crippen LogP) is 3.71. The summed E-state index contributed by atoms with van der Waals surface area (Å²) in [6, 6.07) is 13.3. The van der Waals surface area contributed by atoms with Crippen molar-refractivity contribution in [2.24, 2.45) is 0 Å². The minimum atomic E-state index is 0.221. The number of nitrogens with zero attached hydrogens (tertiary/aromatic N) is 3. The van der Waals surface area contributed by atoms with Crippen LogP contribution in [-0.2, 0) is 5.41 Å². The van der Waals surface area contributed by atoms with E-state index in [1.54, 1.807) is 0 Å². The summed E-state index contributed by atoms with van der Waals surface area (Å²) in [5.41, 5.74) is 4.23. The molecule has 0 radical (unpaired) electrons. The Morgan fingerprint density at radius 3 is 1.64 bits per heavy atom. The summed E-state index contributed by atoms with van der Waals surface area (Å²) in [6.07, 6.45) is 3.74. The second-order valence-corrected chi connectivity index (χ2v) is 6.98. The molecule has 1 aliphatic rings. The van der Waals surface area contributed by atoms with Crippen molar-refractivity contribution in [2.45, 2.75) is 26.2 Å². The summed E-state index contributed by atoms with van der Waals surface area (Å²) in [5.74, 6) is 0. The van der Waals surface area contributed by atoms with Crippen LogP contribution in [0.4, 0.5) is 11.4 Å². The summed E-state index contributed by atoms with van der Waals surface area (Å²) < 4.78 is 0. The molecule has 3 heteroatoms. The average Bonchev–Trinajstić information content (AvgIpc) is 2.55. The summed E-state index contributed by atoms with van der Waals surface area (Å²) in [4.78, 5) is 9.00. The highest BCUT2D eigenvalue weighted by Crippen LogP contribution is 2.26. The van der Waals surface area contributed by atoms with E-state index >= 15 is 0 Å². The molecular weight excluding hydrogens is 270 g/mol. The Hall–Kier alpha value is -2.03. The van der Waals surface area contributed by atoms with Gasteiger partial charge in [-0.1, -0.05) is 32.9 Å². The number of piperazine rings is 1. The number of anilines is 2. The highest BCUT2D eigenvalue weighted by molar-refractivity contribution is 5.52. The van der Waals surface area contributed by atoms with Crippen LogP contribution < -0.4 is 9.80 Å². The van der Waals surface area contributed by atoms with Gasteiger partial charge >= 0.3 is 0 Å². The van der Waals surface area contributed by atoms with E-state index in [4.69, 9.17) is 0 Å². The van der Waals surface area contributed by atoms with E-state index in [9.17, 15) is 0 Å². The SMILES string of the molecule is CC(C)(C)c1ccc(N2CCN(c3ccncc3)CC2)cc1. The maximum Gasteiger partial charge on any atom is 0.0398 e. The number of hydrogen-bond donors (Lipinski definition) is 0. The molecule has 0 bridgehead atoms. The molecular formula is C19H25N3. The monoisotopic (exact) mass is 295 g/mol. The molecule has 0 saturated carbocycles. The van der Waals surface area contributed by atoms with Gasteiger partial charge in [0.15, 0.2) is 0 Å². The molecule has 2 heterocycles. The minimum Gasteiger partial charge on any atom is -0.368 e. The van der Waals surface area contributed by atoms with E-state index in [-0.39, 0.29) is 5.41 Å². The van der Waals surface area contributed by atoms with E-state index in [0.717, 1.165) is 26.2 Å². The molecule has 0 aliphatic carbocycles. The molecule has 0 amide bonds. The maximum atomic E-state index is 4.09. The highest BCUT2D eigenvalue weighted by Gasteiger charge is 2.18. The van der Waals surface area contributed by atoms with Crippen molar-refractivity contribution in [1.29, 1.82) is 0 Å². The van der Waals surface area contributed by atoms with Crippen LogP contribution in [0.1, 0.15) is 26.3 Å². The number of pyridine rings is 1. The molecule has 1 fully saturated rings. The first-order chi connectivity index (χ1) is 10.5. The molecule has 1 aromatic heterocycles. The highest BCUT2D eigenvalue weighted by atomic mass is 15.3. The Kier molecular flexibility index (Phi) is 4.06. The van der Waals surface area contributed by atoms with Crippen LogP contribution in [0.3, 0.4) is 0 Å². The Morgan fingerprint density at radius 1 is 0.727 bits per heavy atom. The molecule has 1 saturated heterocycles. The van der Waals surface area contributed by atoms with Gasteiger partial charge in [-0.05, 0) is 35.2 Å². The molecule has 0 spiro atoms. The van der Waals surface area contributed by atoms with Gasteiger partial charge in [-0.25, -0.2) is 0 Å². The lowest BCUT2D eigenvalue weighted by molar-refractivity contribution is 0.590. The number of rotatable bonds is 2. The van der Waals surface area contributed by atoms with E-state index in [1.165, 1.54) is 16.9 Å². The van der Waals surface area contributed by atoms with Gasteiger partial charge < -0.3 is 9.80 Å². The van der Waals surface area contributed by atoms with Crippen molar-refractivity contribution in [3.8, 4) is 0 Å². The largest absolute Gasteiger partial charge is 0.368 e. The Balaban J connectivity index is 1.64.